The van der Waals surface area contributed by atoms with Gasteiger partial charge < -0.3 is 5.11 Å². The lowest BCUT2D eigenvalue weighted by molar-refractivity contribution is -0.0213. The zero-order valence-electron chi connectivity index (χ0n) is 10.2. The minimum atomic E-state index is -0.0729. The van der Waals surface area contributed by atoms with Gasteiger partial charge >= 0.3 is 0 Å². The molecule has 2 bridgehead atoms. The molecule has 0 aromatic carbocycles. The fourth-order valence-electron chi connectivity index (χ4n) is 4.24. The second kappa shape index (κ2) is 2.75. The molecule has 1 heteroatoms. The highest BCUT2D eigenvalue weighted by Gasteiger charge is 2.65. The van der Waals surface area contributed by atoms with Crippen molar-refractivity contribution in [1.29, 1.82) is 0 Å². The second-order valence-corrected chi connectivity index (χ2v) is 6.55. The Hall–Kier alpha value is -0.0400. The maximum Gasteiger partial charge on any atom is 0.0632 e. The number of hydrogen-bond acceptors (Lipinski definition) is 1. The van der Waals surface area contributed by atoms with Crippen LogP contribution in [0.2, 0.25) is 0 Å². The molecule has 14 heavy (non-hydrogen) atoms. The first kappa shape index (κ1) is 10.5. The molecule has 1 N–H and O–H groups in total. The van der Waals surface area contributed by atoms with Crippen LogP contribution in [0.4, 0.5) is 0 Å². The first-order valence-electron chi connectivity index (χ1n) is 6.00. The maximum absolute atomic E-state index is 10.4. The van der Waals surface area contributed by atoms with Crippen LogP contribution in [0.15, 0.2) is 0 Å². The van der Waals surface area contributed by atoms with Crippen molar-refractivity contribution in [3.8, 4) is 0 Å². The van der Waals surface area contributed by atoms with Crippen LogP contribution in [0.25, 0.3) is 0 Å². The molecule has 0 radical (unpaired) electrons. The second-order valence-electron chi connectivity index (χ2n) is 6.55. The summed E-state index contributed by atoms with van der Waals surface area (Å²) >= 11 is 0. The summed E-state index contributed by atoms with van der Waals surface area (Å²) in [6.07, 6.45) is 2.47. The van der Waals surface area contributed by atoms with E-state index in [4.69, 9.17) is 0 Å². The first-order chi connectivity index (χ1) is 6.32. The Labute approximate surface area is 87.9 Å². The van der Waals surface area contributed by atoms with Crippen LogP contribution in [0.1, 0.15) is 47.5 Å². The quantitative estimate of drug-likeness (QED) is 0.683. The van der Waals surface area contributed by atoms with Crippen LogP contribution in [0.5, 0.6) is 0 Å². The lowest BCUT2D eigenvalue weighted by Gasteiger charge is -2.37. The Morgan fingerprint density at radius 1 is 1.21 bits per heavy atom. The van der Waals surface area contributed by atoms with Gasteiger partial charge in [-0.3, -0.25) is 0 Å². The number of hydrogen-bond donors (Lipinski definition) is 1. The number of aliphatic hydroxyl groups excluding tert-OH is 1. The molecular weight excluding hydrogens is 172 g/mol. The van der Waals surface area contributed by atoms with Gasteiger partial charge in [-0.2, -0.15) is 0 Å². The van der Waals surface area contributed by atoms with E-state index in [9.17, 15) is 5.11 Å². The average Bonchev–Trinajstić information content (AvgIpc) is 2.35. The molecule has 2 saturated carbocycles. The van der Waals surface area contributed by atoms with Crippen molar-refractivity contribution in [3.05, 3.63) is 0 Å². The van der Waals surface area contributed by atoms with Gasteiger partial charge in [0.25, 0.3) is 0 Å². The highest BCUT2D eigenvalue weighted by molar-refractivity contribution is 5.14. The van der Waals surface area contributed by atoms with E-state index in [1.165, 1.54) is 12.8 Å². The minimum Gasteiger partial charge on any atom is -0.392 e. The van der Waals surface area contributed by atoms with Crippen molar-refractivity contribution in [3.63, 3.8) is 0 Å². The van der Waals surface area contributed by atoms with E-state index in [1.54, 1.807) is 0 Å². The fraction of sp³-hybridized carbons (Fsp3) is 1.00. The van der Waals surface area contributed by atoms with E-state index in [1.807, 2.05) is 0 Å². The Balaban J connectivity index is 2.39. The van der Waals surface area contributed by atoms with E-state index < -0.39 is 0 Å². The Bertz CT molecular complexity index is 244. The molecular formula is C13H24O. The van der Waals surface area contributed by atoms with Crippen molar-refractivity contribution in [2.75, 3.05) is 0 Å². The van der Waals surface area contributed by atoms with Gasteiger partial charge in [0, 0.05) is 0 Å². The summed E-state index contributed by atoms with van der Waals surface area (Å²) < 4.78 is 0. The predicted molar refractivity (Wildman–Crippen MR) is 58.9 cm³/mol. The molecule has 0 heterocycles. The van der Waals surface area contributed by atoms with Gasteiger partial charge in [-0.05, 0) is 41.4 Å². The van der Waals surface area contributed by atoms with Crippen molar-refractivity contribution >= 4 is 0 Å². The summed E-state index contributed by atoms with van der Waals surface area (Å²) in [6, 6.07) is 0. The lowest BCUT2D eigenvalue weighted by Crippen LogP contribution is -2.38. The monoisotopic (exact) mass is 196 g/mol. The Kier molecular flexibility index (Phi) is 2.06. The molecule has 82 valence electrons. The normalized spacial score (nSPS) is 50.4. The minimum absolute atomic E-state index is 0.0729. The zero-order chi connectivity index (χ0) is 10.7. The van der Waals surface area contributed by atoms with Gasteiger partial charge in [-0.25, -0.2) is 0 Å². The molecule has 0 spiro atoms. The molecule has 0 aliphatic heterocycles. The van der Waals surface area contributed by atoms with E-state index in [0.29, 0.717) is 17.3 Å². The summed E-state index contributed by atoms with van der Waals surface area (Å²) in [5, 5.41) is 10.4. The molecule has 2 fully saturated rings. The fourth-order valence-corrected chi connectivity index (χ4v) is 4.24. The summed E-state index contributed by atoms with van der Waals surface area (Å²) in [5.41, 5.74) is 0.508. The van der Waals surface area contributed by atoms with E-state index >= 15 is 0 Å². The number of fused-ring (bicyclic) bond motifs is 2. The van der Waals surface area contributed by atoms with Crippen molar-refractivity contribution in [2.24, 2.45) is 28.6 Å². The summed E-state index contributed by atoms with van der Waals surface area (Å²) in [7, 11) is 0. The first-order valence-corrected chi connectivity index (χ1v) is 6.00. The topological polar surface area (TPSA) is 20.2 Å². The standard InChI is InChI=1S/C13H24O/c1-8(2)10-9-6-7-13(5,11(10)14)12(9,3)4/h8-11,14H,6-7H2,1-5H3/t9-,10-,11-,13+/m1/s1. The van der Waals surface area contributed by atoms with Gasteiger partial charge in [-0.1, -0.05) is 34.6 Å². The smallest absolute Gasteiger partial charge is 0.0632 e. The highest BCUT2D eigenvalue weighted by atomic mass is 16.3. The van der Waals surface area contributed by atoms with Crippen molar-refractivity contribution < 1.29 is 5.11 Å². The molecule has 0 amide bonds. The molecule has 0 unspecified atom stereocenters. The Morgan fingerprint density at radius 3 is 2.07 bits per heavy atom. The maximum atomic E-state index is 10.4. The number of rotatable bonds is 1. The van der Waals surface area contributed by atoms with Crippen LogP contribution in [0, 0.1) is 28.6 Å². The van der Waals surface area contributed by atoms with Crippen LogP contribution < -0.4 is 0 Å². The lowest BCUT2D eigenvalue weighted by atomic mass is 9.70. The van der Waals surface area contributed by atoms with Gasteiger partial charge in [-0.15, -0.1) is 0 Å². The zero-order valence-corrected chi connectivity index (χ0v) is 10.2. The third kappa shape index (κ3) is 0.946. The predicted octanol–water partition coefficient (Wildman–Crippen LogP) is 3.08. The van der Waals surface area contributed by atoms with E-state index in [-0.39, 0.29) is 11.5 Å². The van der Waals surface area contributed by atoms with Gasteiger partial charge in [0.2, 0.25) is 0 Å². The van der Waals surface area contributed by atoms with Crippen LogP contribution >= 0.6 is 0 Å². The Morgan fingerprint density at radius 2 is 1.79 bits per heavy atom. The van der Waals surface area contributed by atoms with Crippen molar-refractivity contribution in [2.45, 2.75) is 53.6 Å². The summed E-state index contributed by atoms with van der Waals surface area (Å²) in [5.74, 6) is 1.89. The average molecular weight is 196 g/mol. The van der Waals surface area contributed by atoms with Crippen LogP contribution in [0.3, 0.4) is 0 Å². The SMILES string of the molecule is CC(C)[C@@H]1[C@H]2CC[C@@](C)([C@@H]1O)C2(C)C. The summed E-state index contributed by atoms with van der Waals surface area (Å²) in [4.78, 5) is 0. The molecule has 2 aliphatic carbocycles. The van der Waals surface area contributed by atoms with Gasteiger partial charge in [0.15, 0.2) is 0 Å². The van der Waals surface area contributed by atoms with Gasteiger partial charge in [0.05, 0.1) is 6.10 Å². The van der Waals surface area contributed by atoms with E-state index in [0.717, 1.165) is 5.92 Å². The molecule has 0 aromatic rings. The van der Waals surface area contributed by atoms with Crippen LogP contribution in [-0.4, -0.2) is 11.2 Å². The van der Waals surface area contributed by atoms with Crippen molar-refractivity contribution in [1.82, 2.24) is 0 Å². The summed E-state index contributed by atoms with van der Waals surface area (Å²) in [6.45, 7) is 11.5. The third-order valence-corrected chi connectivity index (χ3v) is 5.63. The molecule has 4 atom stereocenters. The van der Waals surface area contributed by atoms with Crippen LogP contribution in [-0.2, 0) is 0 Å². The molecule has 0 aromatic heterocycles. The molecule has 2 aliphatic rings. The highest BCUT2D eigenvalue weighted by Crippen LogP contribution is 2.68. The van der Waals surface area contributed by atoms with E-state index in [2.05, 4.69) is 34.6 Å². The third-order valence-electron chi connectivity index (χ3n) is 5.63. The molecule has 0 saturated heterocycles. The largest absolute Gasteiger partial charge is 0.392 e. The number of aliphatic hydroxyl groups is 1. The molecule has 1 nitrogen and oxygen atoms in total. The molecule has 2 rings (SSSR count). The van der Waals surface area contributed by atoms with Gasteiger partial charge in [0.1, 0.15) is 0 Å².